The van der Waals surface area contributed by atoms with E-state index >= 15 is 0 Å². The van der Waals surface area contributed by atoms with Gasteiger partial charge in [0.1, 0.15) is 9.90 Å². The van der Waals surface area contributed by atoms with Crippen molar-refractivity contribution < 1.29 is 21.6 Å². The van der Waals surface area contributed by atoms with Gasteiger partial charge in [0, 0.05) is 23.3 Å². The van der Waals surface area contributed by atoms with Crippen molar-refractivity contribution in [1.82, 2.24) is 9.55 Å². The van der Waals surface area contributed by atoms with Gasteiger partial charge in [-0.2, -0.15) is 13.2 Å². The van der Waals surface area contributed by atoms with Crippen molar-refractivity contribution in [2.45, 2.75) is 31.8 Å². The van der Waals surface area contributed by atoms with Crippen LogP contribution in [0.15, 0.2) is 35.2 Å². The first-order valence-electron chi connectivity index (χ1n) is 8.21. The number of halogens is 3. The van der Waals surface area contributed by atoms with Crippen LogP contribution in [0.4, 0.5) is 18.9 Å². The van der Waals surface area contributed by atoms with E-state index in [1.165, 1.54) is 17.4 Å². The minimum atomic E-state index is -4.48. The fourth-order valence-electron chi connectivity index (χ4n) is 2.67. The van der Waals surface area contributed by atoms with Gasteiger partial charge in [0.25, 0.3) is 10.0 Å². The number of sulfonamides is 1. The molecule has 150 valence electrons. The zero-order valence-electron chi connectivity index (χ0n) is 15.5. The molecule has 5 nitrogen and oxygen atoms in total. The van der Waals surface area contributed by atoms with Gasteiger partial charge in [-0.05, 0) is 51.1 Å². The lowest BCUT2D eigenvalue weighted by Gasteiger charge is -2.10. The maximum absolute atomic E-state index is 12.8. The minimum absolute atomic E-state index is 0.0513. The van der Waals surface area contributed by atoms with Gasteiger partial charge in [0.2, 0.25) is 0 Å². The number of alkyl halides is 3. The molecule has 0 aliphatic rings. The molecule has 0 saturated heterocycles. The zero-order valence-corrected chi connectivity index (χ0v) is 17.2. The van der Waals surface area contributed by atoms with Crippen LogP contribution in [0.2, 0.25) is 0 Å². The van der Waals surface area contributed by atoms with Crippen molar-refractivity contribution >= 4 is 27.0 Å². The number of hydrogen-bond acceptors (Lipinski definition) is 4. The van der Waals surface area contributed by atoms with Gasteiger partial charge in [0.05, 0.1) is 17.0 Å². The van der Waals surface area contributed by atoms with E-state index in [-0.39, 0.29) is 10.6 Å². The van der Waals surface area contributed by atoms with Gasteiger partial charge in [-0.15, -0.1) is 11.3 Å². The third-order valence-electron chi connectivity index (χ3n) is 4.49. The van der Waals surface area contributed by atoms with Crippen LogP contribution in [0.1, 0.15) is 21.8 Å². The summed E-state index contributed by atoms with van der Waals surface area (Å²) in [5.41, 5.74) is 1.25. The van der Waals surface area contributed by atoms with E-state index in [0.717, 1.165) is 34.8 Å². The van der Waals surface area contributed by atoms with Crippen molar-refractivity contribution in [3.8, 4) is 10.7 Å². The summed E-state index contributed by atoms with van der Waals surface area (Å²) in [4.78, 5) is 5.56. The van der Waals surface area contributed by atoms with Gasteiger partial charge in [-0.25, -0.2) is 13.4 Å². The topological polar surface area (TPSA) is 64.0 Å². The summed E-state index contributed by atoms with van der Waals surface area (Å²) in [6.45, 7) is 5.49. The Balaban J connectivity index is 1.95. The minimum Gasteiger partial charge on any atom is -0.345 e. The molecule has 0 aliphatic heterocycles. The Morgan fingerprint density at radius 2 is 1.71 bits per heavy atom. The third kappa shape index (κ3) is 3.79. The summed E-state index contributed by atoms with van der Waals surface area (Å²) in [5.74, 6) is 0. The number of rotatable bonds is 4. The van der Waals surface area contributed by atoms with Crippen LogP contribution < -0.4 is 4.72 Å². The van der Waals surface area contributed by atoms with Crippen LogP contribution in [0, 0.1) is 20.8 Å². The summed E-state index contributed by atoms with van der Waals surface area (Å²) in [6.07, 6.45) is -4.48. The second-order valence-corrected chi connectivity index (χ2v) is 9.23. The number of anilines is 1. The normalized spacial score (nSPS) is 12.4. The first-order valence-corrected chi connectivity index (χ1v) is 10.5. The average molecular weight is 429 g/mol. The molecular formula is C18H18F3N3O2S2. The molecule has 0 fully saturated rings. The molecule has 1 N–H and O–H groups in total. The van der Waals surface area contributed by atoms with Crippen molar-refractivity contribution in [2.24, 2.45) is 7.05 Å². The molecule has 0 radical (unpaired) electrons. The lowest BCUT2D eigenvalue weighted by molar-refractivity contribution is -0.137. The summed E-state index contributed by atoms with van der Waals surface area (Å²) in [5, 5.41) is 0.705. The van der Waals surface area contributed by atoms with Crippen LogP contribution in [0.25, 0.3) is 10.7 Å². The highest BCUT2D eigenvalue weighted by Gasteiger charge is 2.30. The summed E-state index contributed by atoms with van der Waals surface area (Å²) >= 11 is 1.47. The van der Waals surface area contributed by atoms with Crippen molar-refractivity contribution in [3.05, 3.63) is 52.2 Å². The van der Waals surface area contributed by atoms with Gasteiger partial charge in [-0.1, -0.05) is 0 Å². The second kappa shape index (κ2) is 6.93. The van der Waals surface area contributed by atoms with Crippen LogP contribution in [0.5, 0.6) is 0 Å². The number of hydrogen-bond donors (Lipinski definition) is 1. The number of nitrogens with zero attached hydrogens (tertiary/aromatic N) is 2. The van der Waals surface area contributed by atoms with Crippen LogP contribution in [-0.2, 0) is 23.2 Å². The predicted octanol–water partition coefficient (Wildman–Crippen LogP) is 4.89. The summed E-state index contributed by atoms with van der Waals surface area (Å²) in [6, 6.07) is 5.38. The predicted molar refractivity (Wildman–Crippen MR) is 103 cm³/mol. The summed E-state index contributed by atoms with van der Waals surface area (Å²) < 4.78 is 67.7. The van der Waals surface area contributed by atoms with E-state index in [4.69, 9.17) is 0 Å². The van der Waals surface area contributed by atoms with Gasteiger partial charge < -0.3 is 4.57 Å². The molecule has 2 aromatic heterocycles. The molecule has 10 heteroatoms. The standard InChI is InChI=1S/C18H18F3N3O2S2/c1-10-12(3)27-17(22-10)15-9-16(11(2)24(15)4)28(25,26)23-14-7-5-13(6-8-14)18(19,20)21/h5-9,23H,1-4H3. The number of aromatic nitrogens is 2. The fourth-order valence-corrected chi connectivity index (χ4v) is 4.98. The highest BCUT2D eigenvalue weighted by atomic mass is 32.2. The van der Waals surface area contributed by atoms with E-state index in [9.17, 15) is 21.6 Å². The molecule has 0 spiro atoms. The van der Waals surface area contributed by atoms with Crippen LogP contribution in [0.3, 0.4) is 0 Å². The summed E-state index contributed by atoms with van der Waals surface area (Å²) in [7, 11) is -2.24. The zero-order chi connectivity index (χ0) is 20.9. The molecule has 2 heterocycles. The Labute approximate surface area is 164 Å². The van der Waals surface area contributed by atoms with Gasteiger partial charge >= 0.3 is 6.18 Å². The Kier molecular flexibility index (Phi) is 5.05. The van der Waals surface area contributed by atoms with Crippen molar-refractivity contribution in [2.75, 3.05) is 4.72 Å². The van der Waals surface area contributed by atoms with E-state index in [2.05, 4.69) is 9.71 Å². The number of thiazole rings is 1. The molecule has 1 aromatic carbocycles. The smallest absolute Gasteiger partial charge is 0.345 e. The Morgan fingerprint density at radius 1 is 1.11 bits per heavy atom. The average Bonchev–Trinajstić information content (AvgIpc) is 3.07. The highest BCUT2D eigenvalue weighted by molar-refractivity contribution is 7.92. The Bertz CT molecular complexity index is 1110. The number of nitrogens with one attached hydrogen (secondary N) is 1. The Morgan fingerprint density at radius 3 is 2.21 bits per heavy atom. The lowest BCUT2D eigenvalue weighted by atomic mass is 10.2. The third-order valence-corrected chi connectivity index (χ3v) is 7.08. The maximum Gasteiger partial charge on any atom is 0.416 e. The SMILES string of the molecule is Cc1nc(-c2cc(S(=O)(=O)Nc3ccc(C(F)(F)F)cc3)c(C)n2C)sc1C. The lowest BCUT2D eigenvalue weighted by Crippen LogP contribution is -2.14. The molecule has 0 amide bonds. The quantitative estimate of drug-likeness (QED) is 0.642. The van der Waals surface area contributed by atoms with E-state index in [0.29, 0.717) is 16.4 Å². The molecule has 0 bridgehead atoms. The van der Waals surface area contributed by atoms with Crippen molar-refractivity contribution in [3.63, 3.8) is 0 Å². The van der Waals surface area contributed by atoms with E-state index in [1.807, 2.05) is 13.8 Å². The molecule has 0 aliphatic carbocycles. The van der Waals surface area contributed by atoms with E-state index in [1.54, 1.807) is 18.5 Å². The molecule has 28 heavy (non-hydrogen) atoms. The molecule has 0 saturated carbocycles. The molecule has 0 unspecified atom stereocenters. The van der Waals surface area contributed by atoms with Gasteiger partial charge in [-0.3, -0.25) is 4.72 Å². The molecular weight excluding hydrogens is 411 g/mol. The van der Waals surface area contributed by atoms with Crippen molar-refractivity contribution in [1.29, 1.82) is 0 Å². The fraction of sp³-hybridized carbons (Fsp3) is 0.278. The first kappa shape index (κ1) is 20.4. The molecule has 3 aromatic rings. The largest absolute Gasteiger partial charge is 0.416 e. The molecule has 0 atom stereocenters. The number of benzene rings is 1. The number of aryl methyl sites for hydroxylation is 2. The first-order chi connectivity index (χ1) is 12.9. The second-order valence-electron chi connectivity index (χ2n) is 6.38. The van der Waals surface area contributed by atoms with Crippen LogP contribution >= 0.6 is 11.3 Å². The maximum atomic E-state index is 12.8. The monoisotopic (exact) mass is 429 g/mol. The highest BCUT2D eigenvalue weighted by Crippen LogP contribution is 2.33. The van der Waals surface area contributed by atoms with Crippen LogP contribution in [-0.4, -0.2) is 18.0 Å². The molecule has 3 rings (SSSR count). The van der Waals surface area contributed by atoms with E-state index < -0.39 is 21.8 Å². The Hall–Kier alpha value is -2.33. The van der Waals surface area contributed by atoms with Gasteiger partial charge in [0.15, 0.2) is 0 Å².